The van der Waals surface area contributed by atoms with Crippen LogP contribution in [0.1, 0.15) is 95.8 Å². The van der Waals surface area contributed by atoms with Gasteiger partial charge in [0.1, 0.15) is 25.5 Å². The first-order valence-electron chi connectivity index (χ1n) is 16.3. The summed E-state index contributed by atoms with van der Waals surface area (Å²) in [5.74, 6) is 0.308. The third-order valence-corrected chi connectivity index (χ3v) is 6.62. The van der Waals surface area contributed by atoms with Crippen LogP contribution in [0.3, 0.4) is 0 Å². The minimum Gasteiger partial charge on any atom is -0.493 e. The van der Waals surface area contributed by atoms with Crippen LogP contribution < -0.4 is 10.1 Å². The lowest BCUT2D eigenvalue weighted by Gasteiger charge is -2.10. The number of nitrogens with zero attached hydrogens (tertiary/aromatic N) is 1. The number of halogens is 3. The predicted molar refractivity (Wildman–Crippen MR) is 180 cm³/mol. The fourth-order valence-electron chi connectivity index (χ4n) is 3.89. The molecule has 0 radical (unpaired) electrons. The Kier molecular flexibility index (Phi) is 25.2. The van der Waals surface area contributed by atoms with Gasteiger partial charge in [0, 0.05) is 0 Å². The van der Waals surface area contributed by atoms with Gasteiger partial charge >= 0.3 is 12.1 Å². The van der Waals surface area contributed by atoms with E-state index in [4.69, 9.17) is 9.47 Å². The summed E-state index contributed by atoms with van der Waals surface area (Å²) in [7, 11) is 0. The van der Waals surface area contributed by atoms with Crippen molar-refractivity contribution in [2.45, 2.75) is 98.5 Å². The predicted octanol–water partition coefficient (Wildman–Crippen LogP) is 9.18. The molecule has 2 aromatic carbocycles. The minimum atomic E-state index is -4.33. The number of hydrogen-bond acceptors (Lipinski definition) is 7. The molecule has 268 valence electrons. The number of nitrogens with one attached hydrogen (secondary N) is 1. The number of esters is 1. The van der Waals surface area contributed by atoms with Crippen LogP contribution in [-0.4, -0.2) is 30.6 Å². The van der Waals surface area contributed by atoms with Crippen LogP contribution in [0.15, 0.2) is 72.8 Å². The molecule has 0 spiro atoms. The zero-order valence-electron chi connectivity index (χ0n) is 28.5. The van der Waals surface area contributed by atoms with Gasteiger partial charge in [-0.2, -0.15) is 13.2 Å². The van der Waals surface area contributed by atoms with Crippen molar-refractivity contribution in [2.75, 3.05) is 13.2 Å². The highest BCUT2D eigenvalue weighted by Gasteiger charge is 2.30. The summed E-state index contributed by atoms with van der Waals surface area (Å²) in [6, 6.07) is 11.6. The van der Waals surface area contributed by atoms with E-state index in [1.165, 1.54) is 44.6 Å². The summed E-state index contributed by atoms with van der Waals surface area (Å²) in [6.07, 6.45) is 14.0. The zero-order valence-corrected chi connectivity index (χ0v) is 28.5. The smallest absolute Gasteiger partial charge is 0.416 e. The van der Waals surface area contributed by atoms with E-state index in [0.717, 1.165) is 24.1 Å². The first-order chi connectivity index (χ1) is 23.0. The monoisotopic (exact) mass is 680 g/mol. The molecule has 0 heterocycles. The number of benzene rings is 2. The van der Waals surface area contributed by atoms with Gasteiger partial charge < -0.3 is 19.6 Å². The molecular formula is C36H51F3N2O7. The van der Waals surface area contributed by atoms with Gasteiger partial charge in [-0.3, -0.25) is 9.59 Å². The van der Waals surface area contributed by atoms with Crippen LogP contribution in [0.25, 0.3) is 0 Å². The molecular weight excluding hydrogens is 629 g/mol. The highest BCUT2D eigenvalue weighted by atomic mass is 19.4. The maximum Gasteiger partial charge on any atom is 0.416 e. The summed E-state index contributed by atoms with van der Waals surface area (Å²) in [6.45, 7) is 8.77. The molecule has 2 rings (SSSR count). The van der Waals surface area contributed by atoms with Gasteiger partial charge in [-0.05, 0) is 67.9 Å². The molecule has 0 aliphatic heterocycles. The molecule has 0 saturated carbocycles. The lowest BCUT2D eigenvalue weighted by molar-refractivity contribution is -0.763. The zero-order chi connectivity index (χ0) is 36.0. The second-order valence-corrected chi connectivity index (χ2v) is 10.6. The summed E-state index contributed by atoms with van der Waals surface area (Å²) in [4.78, 5) is 35.2. The van der Waals surface area contributed by atoms with Gasteiger partial charge in [0.05, 0.1) is 12.2 Å². The lowest BCUT2D eigenvalue weighted by Crippen LogP contribution is -2.23. The number of amides is 1. The first kappa shape index (κ1) is 43.6. The Bertz CT molecular complexity index is 1200. The van der Waals surface area contributed by atoms with E-state index >= 15 is 0 Å². The van der Waals surface area contributed by atoms with Crippen molar-refractivity contribution in [3.05, 3.63) is 99.6 Å². The summed E-state index contributed by atoms with van der Waals surface area (Å²) in [5.41, 5.74) is 0.685. The average Bonchev–Trinajstić information content (AvgIpc) is 3.07. The van der Waals surface area contributed by atoms with Crippen molar-refractivity contribution in [3.63, 3.8) is 0 Å². The molecule has 0 aliphatic rings. The molecule has 0 saturated heterocycles. The Morgan fingerprint density at radius 2 is 1.65 bits per heavy atom. The highest BCUT2D eigenvalue weighted by Crippen LogP contribution is 2.31. The SMILES string of the molecule is C/C=C\CCCC.CCCCC(/C=C/CCOc1cccc(C(F)(F)F)c1)CC.O=CNCC(=O)OCc1ccc(CO[N+](=O)[O-])cc1. The molecule has 1 N–H and O–H groups in total. The van der Waals surface area contributed by atoms with E-state index in [9.17, 15) is 32.9 Å². The van der Waals surface area contributed by atoms with Crippen molar-refractivity contribution in [1.29, 1.82) is 0 Å². The standard InChI is InChI=1S/C18H25F3O.C11H12N2O6.C7H14/c1-3-5-9-15(4-2)10-6-7-13-22-17-12-8-11-16(14-17)18(19,20)21;14-8-12-5-11(15)18-6-9-1-3-10(4-2-9)7-19-13(16)17;1-3-5-7-6-4-2/h6,8,10-12,14-15H,3-5,7,9,13H2,1-2H3;1-4,8H,5-7H2,(H,12,14);3,5H,4,6-7H2,1-2H3/b10-6+;;5-3-. The van der Waals surface area contributed by atoms with E-state index in [-0.39, 0.29) is 25.5 Å². The van der Waals surface area contributed by atoms with Gasteiger partial charge in [-0.25, -0.2) is 0 Å². The Hall–Kier alpha value is -4.35. The number of ether oxygens (including phenoxy) is 2. The van der Waals surface area contributed by atoms with E-state index in [1.807, 2.05) is 0 Å². The maximum atomic E-state index is 12.6. The third kappa shape index (κ3) is 23.9. The summed E-state index contributed by atoms with van der Waals surface area (Å²) in [5, 5.41) is 11.3. The van der Waals surface area contributed by atoms with Gasteiger partial charge in [0.2, 0.25) is 6.41 Å². The first-order valence-corrected chi connectivity index (χ1v) is 16.3. The van der Waals surface area contributed by atoms with Crippen LogP contribution in [0, 0.1) is 16.0 Å². The van der Waals surface area contributed by atoms with Gasteiger partial charge in [-0.15, -0.1) is 10.1 Å². The molecule has 0 bridgehead atoms. The Labute approximate surface area is 282 Å². The molecule has 0 fully saturated rings. The fraction of sp³-hybridized carbons (Fsp3) is 0.500. The molecule has 48 heavy (non-hydrogen) atoms. The lowest BCUT2D eigenvalue weighted by atomic mass is 9.99. The molecule has 1 atom stereocenters. The quantitative estimate of drug-likeness (QED) is 0.0370. The second kappa shape index (κ2) is 27.7. The fourth-order valence-corrected chi connectivity index (χ4v) is 3.89. The van der Waals surface area contributed by atoms with Crippen LogP contribution in [0.4, 0.5) is 13.2 Å². The molecule has 1 unspecified atom stereocenters. The van der Waals surface area contributed by atoms with E-state index in [0.29, 0.717) is 30.9 Å². The normalized spacial score (nSPS) is 11.5. The van der Waals surface area contributed by atoms with Crippen LogP contribution in [-0.2, 0) is 38.6 Å². The third-order valence-electron chi connectivity index (χ3n) is 6.62. The van der Waals surface area contributed by atoms with Crippen molar-refractivity contribution in [3.8, 4) is 5.75 Å². The second-order valence-electron chi connectivity index (χ2n) is 10.6. The molecule has 0 aliphatic carbocycles. The van der Waals surface area contributed by atoms with Gasteiger partial charge in [-0.1, -0.05) is 101 Å². The number of alkyl halides is 3. The highest BCUT2D eigenvalue weighted by molar-refractivity contribution is 5.74. The van der Waals surface area contributed by atoms with Gasteiger partial charge in [0.15, 0.2) is 0 Å². The topological polar surface area (TPSA) is 117 Å². The number of unbranched alkanes of at least 4 members (excludes halogenated alkanes) is 3. The molecule has 12 heteroatoms. The van der Waals surface area contributed by atoms with E-state index < -0.39 is 22.8 Å². The van der Waals surface area contributed by atoms with Crippen LogP contribution >= 0.6 is 0 Å². The Balaban J connectivity index is 0.000000774. The van der Waals surface area contributed by atoms with Crippen molar-refractivity contribution >= 4 is 12.4 Å². The van der Waals surface area contributed by atoms with Crippen LogP contribution in [0.5, 0.6) is 5.75 Å². The van der Waals surface area contributed by atoms with E-state index in [2.05, 4.69) is 62.2 Å². The molecule has 1 amide bonds. The van der Waals surface area contributed by atoms with Crippen LogP contribution in [0.2, 0.25) is 0 Å². The molecule has 0 aromatic heterocycles. The maximum absolute atomic E-state index is 12.6. The average molecular weight is 681 g/mol. The summed E-state index contributed by atoms with van der Waals surface area (Å²) < 4.78 is 48.0. The Morgan fingerprint density at radius 3 is 2.21 bits per heavy atom. The Morgan fingerprint density at radius 1 is 0.979 bits per heavy atom. The number of hydrogen-bond donors (Lipinski definition) is 1. The number of carbonyl (C=O) groups is 2. The molecule has 9 nitrogen and oxygen atoms in total. The van der Waals surface area contributed by atoms with Crippen molar-refractivity contribution in [2.24, 2.45) is 5.92 Å². The van der Waals surface area contributed by atoms with Crippen molar-refractivity contribution in [1.82, 2.24) is 5.32 Å². The minimum absolute atomic E-state index is 0.0652. The number of allylic oxidation sites excluding steroid dienone is 3. The van der Waals surface area contributed by atoms with Crippen molar-refractivity contribution < 1.29 is 42.2 Å². The number of carbonyl (C=O) groups excluding carboxylic acids is 2. The molecule has 2 aromatic rings. The number of rotatable bonds is 20. The van der Waals surface area contributed by atoms with Gasteiger partial charge in [0.25, 0.3) is 5.09 Å². The van der Waals surface area contributed by atoms with E-state index in [1.54, 1.807) is 30.3 Å². The largest absolute Gasteiger partial charge is 0.493 e. The summed E-state index contributed by atoms with van der Waals surface area (Å²) >= 11 is 0.